The van der Waals surface area contributed by atoms with Crippen LogP contribution < -0.4 is 9.47 Å². The van der Waals surface area contributed by atoms with Gasteiger partial charge in [-0.1, -0.05) is 0 Å². The summed E-state index contributed by atoms with van der Waals surface area (Å²) in [6, 6.07) is 8.81. The summed E-state index contributed by atoms with van der Waals surface area (Å²) in [6.07, 6.45) is 4.87. The third kappa shape index (κ3) is 3.79. The van der Waals surface area contributed by atoms with Gasteiger partial charge < -0.3 is 14.4 Å². The molecule has 1 unspecified atom stereocenters. The van der Waals surface area contributed by atoms with E-state index in [-0.39, 0.29) is 12.0 Å². The van der Waals surface area contributed by atoms with E-state index in [9.17, 15) is 4.79 Å². The molecule has 1 aromatic carbocycles. The van der Waals surface area contributed by atoms with Crippen molar-refractivity contribution in [3.8, 4) is 11.8 Å². The molecule has 2 aromatic heterocycles. The monoisotopic (exact) mass is 365 g/mol. The first-order valence-electron chi connectivity index (χ1n) is 8.77. The van der Waals surface area contributed by atoms with Crippen LogP contribution >= 0.6 is 0 Å². The van der Waals surface area contributed by atoms with Crippen LogP contribution in [-0.4, -0.2) is 57.3 Å². The lowest BCUT2D eigenvalue weighted by atomic mass is 10.1. The molecule has 1 aliphatic heterocycles. The molecule has 0 aliphatic carbocycles. The Hall–Kier alpha value is -3.29. The fraction of sp³-hybridized carbons (Fsp3) is 0.316. The minimum atomic E-state index is -0.120. The van der Waals surface area contributed by atoms with Crippen molar-refractivity contribution in [2.75, 3.05) is 20.2 Å². The van der Waals surface area contributed by atoms with Crippen molar-refractivity contribution >= 4 is 16.9 Å². The van der Waals surface area contributed by atoms with Crippen molar-refractivity contribution in [3.05, 3.63) is 48.3 Å². The second-order valence-corrected chi connectivity index (χ2v) is 6.31. The molecule has 8 nitrogen and oxygen atoms in total. The number of carbonyl (C=O) groups excluding carboxylic acids is 1. The van der Waals surface area contributed by atoms with Crippen molar-refractivity contribution in [3.63, 3.8) is 0 Å². The molecular weight excluding hydrogens is 346 g/mol. The Balaban J connectivity index is 1.45. The largest absolute Gasteiger partial charge is 0.480 e. The first-order valence-corrected chi connectivity index (χ1v) is 8.77. The van der Waals surface area contributed by atoms with Gasteiger partial charge in [0.25, 0.3) is 5.91 Å². The first kappa shape index (κ1) is 17.1. The van der Waals surface area contributed by atoms with E-state index in [1.54, 1.807) is 36.7 Å². The number of methoxy groups -OCH3 is 1. The van der Waals surface area contributed by atoms with Crippen LogP contribution in [-0.2, 0) is 0 Å². The lowest BCUT2D eigenvalue weighted by Crippen LogP contribution is -2.44. The van der Waals surface area contributed by atoms with Crippen LogP contribution in [0.4, 0.5) is 0 Å². The molecule has 138 valence electrons. The molecule has 1 amide bonds. The zero-order chi connectivity index (χ0) is 18.6. The van der Waals surface area contributed by atoms with Gasteiger partial charge in [-0.05, 0) is 31.0 Å². The van der Waals surface area contributed by atoms with Crippen LogP contribution in [0.2, 0.25) is 0 Å². The van der Waals surface area contributed by atoms with Gasteiger partial charge in [0.1, 0.15) is 6.10 Å². The highest BCUT2D eigenvalue weighted by molar-refractivity contribution is 5.97. The minimum absolute atomic E-state index is 0.0309. The van der Waals surface area contributed by atoms with Gasteiger partial charge in [0.05, 0.1) is 24.7 Å². The topological polar surface area (TPSA) is 90.3 Å². The van der Waals surface area contributed by atoms with E-state index < -0.39 is 0 Å². The van der Waals surface area contributed by atoms with Crippen LogP contribution in [0.15, 0.2) is 42.7 Å². The number of rotatable bonds is 4. The first-order chi connectivity index (χ1) is 13.2. The predicted octanol–water partition coefficient (Wildman–Crippen LogP) is 2.11. The summed E-state index contributed by atoms with van der Waals surface area (Å²) < 4.78 is 10.9. The SMILES string of the molecule is COc1ccc(OC2CCCN(C(=O)c3ccc4nccnc4c3)C2)nn1. The van der Waals surface area contributed by atoms with Crippen molar-refractivity contribution in [2.24, 2.45) is 0 Å². The number of carbonyl (C=O) groups is 1. The Kier molecular flexibility index (Phi) is 4.78. The fourth-order valence-electron chi connectivity index (χ4n) is 3.15. The minimum Gasteiger partial charge on any atom is -0.480 e. The maximum absolute atomic E-state index is 12.9. The molecule has 3 aromatic rings. The summed E-state index contributed by atoms with van der Waals surface area (Å²) in [5, 5.41) is 7.89. The number of piperidine rings is 1. The molecule has 0 bridgehead atoms. The summed E-state index contributed by atoms with van der Waals surface area (Å²) in [4.78, 5) is 23.2. The van der Waals surface area contributed by atoms with Gasteiger partial charge in [-0.2, -0.15) is 0 Å². The molecule has 0 saturated carbocycles. The van der Waals surface area contributed by atoms with Gasteiger partial charge in [-0.3, -0.25) is 14.8 Å². The summed E-state index contributed by atoms with van der Waals surface area (Å²) in [5.74, 6) is 0.829. The van der Waals surface area contributed by atoms with Crippen molar-refractivity contribution in [1.82, 2.24) is 25.1 Å². The molecule has 1 saturated heterocycles. The maximum atomic E-state index is 12.9. The number of amides is 1. The number of aromatic nitrogens is 4. The van der Waals surface area contributed by atoms with E-state index >= 15 is 0 Å². The van der Waals surface area contributed by atoms with E-state index in [2.05, 4.69) is 20.2 Å². The Morgan fingerprint density at radius 1 is 1.07 bits per heavy atom. The van der Waals surface area contributed by atoms with Crippen LogP contribution in [0, 0.1) is 0 Å². The lowest BCUT2D eigenvalue weighted by molar-refractivity contribution is 0.0525. The maximum Gasteiger partial charge on any atom is 0.254 e. The Morgan fingerprint density at radius 2 is 1.85 bits per heavy atom. The molecule has 0 radical (unpaired) electrons. The second-order valence-electron chi connectivity index (χ2n) is 6.31. The van der Waals surface area contributed by atoms with E-state index in [0.717, 1.165) is 18.4 Å². The normalized spacial score (nSPS) is 16.9. The zero-order valence-corrected chi connectivity index (χ0v) is 14.9. The number of hydrogen-bond donors (Lipinski definition) is 0. The molecule has 8 heteroatoms. The molecule has 1 atom stereocenters. The molecular formula is C19H19N5O3. The van der Waals surface area contributed by atoms with E-state index in [4.69, 9.17) is 9.47 Å². The molecule has 1 aliphatic rings. The van der Waals surface area contributed by atoms with E-state index in [1.807, 2.05) is 11.0 Å². The predicted molar refractivity (Wildman–Crippen MR) is 97.7 cm³/mol. The average molecular weight is 365 g/mol. The quantitative estimate of drug-likeness (QED) is 0.699. The highest BCUT2D eigenvalue weighted by Crippen LogP contribution is 2.20. The van der Waals surface area contributed by atoms with Crippen molar-refractivity contribution in [2.45, 2.75) is 18.9 Å². The Morgan fingerprint density at radius 3 is 2.63 bits per heavy atom. The van der Waals surface area contributed by atoms with Gasteiger partial charge in [0, 0.05) is 36.6 Å². The van der Waals surface area contributed by atoms with Crippen LogP contribution in [0.3, 0.4) is 0 Å². The number of benzene rings is 1. The van der Waals surface area contributed by atoms with E-state index in [0.29, 0.717) is 35.9 Å². The number of ether oxygens (including phenoxy) is 2. The summed E-state index contributed by atoms with van der Waals surface area (Å²) >= 11 is 0. The van der Waals surface area contributed by atoms with Crippen LogP contribution in [0.1, 0.15) is 23.2 Å². The van der Waals surface area contributed by atoms with Gasteiger partial charge in [0.2, 0.25) is 11.8 Å². The average Bonchev–Trinajstić information content (AvgIpc) is 2.73. The zero-order valence-electron chi connectivity index (χ0n) is 14.9. The van der Waals surface area contributed by atoms with Gasteiger partial charge in [-0.25, -0.2) is 0 Å². The van der Waals surface area contributed by atoms with E-state index in [1.165, 1.54) is 7.11 Å². The third-order valence-electron chi connectivity index (χ3n) is 4.49. The summed E-state index contributed by atoms with van der Waals surface area (Å²) in [7, 11) is 1.54. The summed E-state index contributed by atoms with van der Waals surface area (Å²) in [5.41, 5.74) is 2.08. The number of likely N-dealkylation sites (tertiary alicyclic amines) is 1. The Labute approximate surface area is 156 Å². The van der Waals surface area contributed by atoms with Gasteiger partial charge >= 0.3 is 0 Å². The highest BCUT2D eigenvalue weighted by Gasteiger charge is 2.26. The third-order valence-corrected chi connectivity index (χ3v) is 4.49. The molecule has 27 heavy (non-hydrogen) atoms. The van der Waals surface area contributed by atoms with Crippen molar-refractivity contribution < 1.29 is 14.3 Å². The van der Waals surface area contributed by atoms with Crippen LogP contribution in [0.25, 0.3) is 11.0 Å². The molecule has 1 fully saturated rings. The Bertz CT molecular complexity index is 947. The van der Waals surface area contributed by atoms with Crippen molar-refractivity contribution in [1.29, 1.82) is 0 Å². The van der Waals surface area contributed by atoms with Crippen LogP contribution in [0.5, 0.6) is 11.8 Å². The molecule has 4 rings (SSSR count). The molecule has 3 heterocycles. The highest BCUT2D eigenvalue weighted by atomic mass is 16.5. The number of nitrogens with zero attached hydrogens (tertiary/aromatic N) is 5. The number of fused-ring (bicyclic) bond motifs is 1. The van der Waals surface area contributed by atoms with Gasteiger partial charge in [-0.15, -0.1) is 10.2 Å². The lowest BCUT2D eigenvalue weighted by Gasteiger charge is -2.32. The smallest absolute Gasteiger partial charge is 0.254 e. The summed E-state index contributed by atoms with van der Waals surface area (Å²) in [6.45, 7) is 1.20. The number of hydrogen-bond acceptors (Lipinski definition) is 7. The molecule has 0 spiro atoms. The second kappa shape index (κ2) is 7.53. The molecule has 0 N–H and O–H groups in total. The standard InChI is InChI=1S/C19H19N5O3/c1-26-17-6-7-18(23-22-17)27-14-3-2-10-24(12-14)19(25)13-4-5-15-16(11-13)21-9-8-20-15/h4-9,11,14H,2-3,10,12H2,1H3. The fourth-order valence-corrected chi connectivity index (χ4v) is 3.15. The van der Waals surface area contributed by atoms with Gasteiger partial charge in [0.15, 0.2) is 0 Å².